The van der Waals surface area contributed by atoms with E-state index in [1.807, 2.05) is 30.3 Å². The Labute approximate surface area is 204 Å². The maximum absolute atomic E-state index is 13.8. The van der Waals surface area contributed by atoms with Crippen molar-refractivity contribution in [3.63, 3.8) is 0 Å². The maximum Gasteiger partial charge on any atom is 0.240 e. The lowest BCUT2D eigenvalue weighted by Crippen LogP contribution is -2.43. The quantitative estimate of drug-likeness (QED) is 0.424. The summed E-state index contributed by atoms with van der Waals surface area (Å²) < 4.78 is 12.5. The highest BCUT2D eigenvalue weighted by atomic mass is 16.5. The van der Waals surface area contributed by atoms with Gasteiger partial charge in [-0.05, 0) is 55.5 Å². The van der Waals surface area contributed by atoms with E-state index in [2.05, 4.69) is 12.1 Å². The number of imide groups is 1. The number of benzene rings is 2. The number of ether oxygens (including phenoxy) is 2. The Hall–Kier alpha value is -3.52. The van der Waals surface area contributed by atoms with Crippen molar-refractivity contribution in [2.45, 2.75) is 56.8 Å². The SMILES string of the molecule is Cc1cc(N2C(=O)[C@@H]3[C@H](C2=O)C2(CCC#N)CCC3(CCOCc3ccccc3)O2)ccc1C#N. The number of rotatable bonds is 8. The average molecular weight is 470 g/mol. The van der Waals surface area contributed by atoms with E-state index in [4.69, 9.17) is 9.47 Å². The van der Waals surface area contributed by atoms with Gasteiger partial charge < -0.3 is 9.47 Å². The van der Waals surface area contributed by atoms with Gasteiger partial charge in [0.25, 0.3) is 0 Å². The lowest BCUT2D eigenvalue weighted by Gasteiger charge is -2.31. The van der Waals surface area contributed by atoms with Crippen LogP contribution in [0.3, 0.4) is 0 Å². The molecule has 0 aliphatic carbocycles. The Bertz CT molecular complexity index is 1250. The molecule has 0 N–H and O–H groups in total. The number of amides is 2. The molecule has 7 nitrogen and oxygen atoms in total. The number of nitrogens with zero attached hydrogens (tertiary/aromatic N) is 3. The number of hydrogen-bond donors (Lipinski definition) is 0. The van der Waals surface area contributed by atoms with Crippen LogP contribution in [0.5, 0.6) is 0 Å². The largest absolute Gasteiger partial charge is 0.377 e. The average Bonchev–Trinajstić information content (AvgIpc) is 3.47. The van der Waals surface area contributed by atoms with Gasteiger partial charge in [0.05, 0.1) is 53.0 Å². The highest BCUT2D eigenvalue weighted by molar-refractivity contribution is 6.23. The third-order valence-electron chi connectivity index (χ3n) is 7.85. The molecule has 5 rings (SSSR count). The van der Waals surface area contributed by atoms with Crippen molar-refractivity contribution in [3.05, 3.63) is 65.2 Å². The first-order valence-corrected chi connectivity index (χ1v) is 12.0. The third-order valence-corrected chi connectivity index (χ3v) is 7.85. The van der Waals surface area contributed by atoms with Crippen LogP contribution in [0.15, 0.2) is 48.5 Å². The molecule has 4 atom stereocenters. The molecule has 2 amide bonds. The fraction of sp³-hybridized carbons (Fsp3) is 0.429. The van der Waals surface area contributed by atoms with E-state index in [-0.39, 0.29) is 18.2 Å². The molecule has 7 heteroatoms. The van der Waals surface area contributed by atoms with E-state index < -0.39 is 23.0 Å². The Kier molecular flexibility index (Phi) is 5.92. The molecule has 0 saturated carbocycles. The zero-order valence-corrected chi connectivity index (χ0v) is 19.7. The van der Waals surface area contributed by atoms with Gasteiger partial charge in [-0.2, -0.15) is 10.5 Å². The van der Waals surface area contributed by atoms with Crippen molar-refractivity contribution in [2.75, 3.05) is 11.5 Å². The van der Waals surface area contributed by atoms with E-state index in [0.29, 0.717) is 55.7 Å². The van der Waals surface area contributed by atoms with Gasteiger partial charge >= 0.3 is 0 Å². The third kappa shape index (κ3) is 3.72. The second kappa shape index (κ2) is 8.92. The molecule has 3 aliphatic rings. The highest BCUT2D eigenvalue weighted by Crippen LogP contribution is 2.63. The first-order chi connectivity index (χ1) is 16.9. The normalized spacial score (nSPS) is 28.7. The van der Waals surface area contributed by atoms with Crippen LogP contribution in [0.1, 0.15) is 48.8 Å². The summed E-state index contributed by atoms with van der Waals surface area (Å²) in [7, 11) is 0. The summed E-state index contributed by atoms with van der Waals surface area (Å²) >= 11 is 0. The molecule has 3 aliphatic heterocycles. The lowest BCUT2D eigenvalue weighted by atomic mass is 9.65. The van der Waals surface area contributed by atoms with Gasteiger partial charge in [0, 0.05) is 19.4 Å². The zero-order chi connectivity index (χ0) is 24.6. The summed E-state index contributed by atoms with van der Waals surface area (Å²) in [4.78, 5) is 28.8. The molecule has 2 aromatic carbocycles. The number of carbonyl (C=O) groups excluding carboxylic acids is 2. The summed E-state index contributed by atoms with van der Waals surface area (Å²) in [6.45, 7) is 2.67. The van der Waals surface area contributed by atoms with Crippen LogP contribution in [0.2, 0.25) is 0 Å². The van der Waals surface area contributed by atoms with Crippen molar-refractivity contribution in [1.82, 2.24) is 0 Å². The topological polar surface area (TPSA) is 103 Å². The number of carbonyl (C=O) groups is 2. The van der Waals surface area contributed by atoms with Crippen LogP contribution < -0.4 is 4.90 Å². The first-order valence-electron chi connectivity index (χ1n) is 12.0. The molecule has 178 valence electrons. The molecule has 35 heavy (non-hydrogen) atoms. The van der Waals surface area contributed by atoms with Crippen LogP contribution in [0.25, 0.3) is 0 Å². The van der Waals surface area contributed by atoms with Gasteiger partial charge in [-0.25, -0.2) is 4.90 Å². The van der Waals surface area contributed by atoms with Crippen LogP contribution in [0.4, 0.5) is 5.69 Å². The Balaban J connectivity index is 1.41. The number of fused-ring (bicyclic) bond motifs is 5. The van der Waals surface area contributed by atoms with Crippen molar-refractivity contribution in [2.24, 2.45) is 11.8 Å². The fourth-order valence-electron chi connectivity index (χ4n) is 6.20. The smallest absolute Gasteiger partial charge is 0.240 e. The van der Waals surface area contributed by atoms with Crippen molar-refractivity contribution >= 4 is 17.5 Å². The predicted octanol–water partition coefficient (Wildman–Crippen LogP) is 4.18. The van der Waals surface area contributed by atoms with Crippen molar-refractivity contribution in [3.8, 4) is 12.1 Å². The van der Waals surface area contributed by atoms with Crippen LogP contribution in [-0.2, 0) is 25.7 Å². The Morgan fingerprint density at radius 1 is 1.03 bits per heavy atom. The van der Waals surface area contributed by atoms with Gasteiger partial charge in [-0.1, -0.05) is 30.3 Å². The van der Waals surface area contributed by atoms with Gasteiger partial charge in [-0.3, -0.25) is 9.59 Å². The van der Waals surface area contributed by atoms with Crippen LogP contribution in [0, 0.1) is 41.4 Å². The zero-order valence-electron chi connectivity index (χ0n) is 19.7. The van der Waals surface area contributed by atoms with Gasteiger partial charge in [0.1, 0.15) is 0 Å². The van der Waals surface area contributed by atoms with Crippen LogP contribution >= 0.6 is 0 Å². The summed E-state index contributed by atoms with van der Waals surface area (Å²) in [6, 6.07) is 19.2. The predicted molar refractivity (Wildman–Crippen MR) is 127 cm³/mol. The van der Waals surface area contributed by atoms with Gasteiger partial charge in [0.2, 0.25) is 11.8 Å². The van der Waals surface area contributed by atoms with Gasteiger partial charge in [-0.15, -0.1) is 0 Å². The van der Waals surface area contributed by atoms with Gasteiger partial charge in [0.15, 0.2) is 0 Å². The van der Waals surface area contributed by atoms with E-state index in [0.717, 1.165) is 5.56 Å². The minimum Gasteiger partial charge on any atom is -0.377 e. The molecule has 0 radical (unpaired) electrons. The number of hydrogen-bond acceptors (Lipinski definition) is 6. The van der Waals surface area contributed by atoms with E-state index >= 15 is 0 Å². The molecule has 2 aromatic rings. The monoisotopic (exact) mass is 469 g/mol. The summed E-state index contributed by atoms with van der Waals surface area (Å²) in [5.74, 6) is -1.74. The molecule has 3 heterocycles. The molecule has 2 bridgehead atoms. The number of nitriles is 2. The van der Waals surface area contributed by atoms with Crippen molar-refractivity contribution in [1.29, 1.82) is 10.5 Å². The fourth-order valence-corrected chi connectivity index (χ4v) is 6.20. The molecule has 2 unspecified atom stereocenters. The minimum absolute atomic E-state index is 0.259. The number of anilines is 1. The second-order valence-electron chi connectivity index (χ2n) is 9.76. The minimum atomic E-state index is -0.803. The molecular weight excluding hydrogens is 442 g/mol. The first kappa shape index (κ1) is 23.2. The molecule has 3 saturated heterocycles. The lowest BCUT2D eigenvalue weighted by molar-refractivity contribution is -0.133. The molecule has 0 aromatic heterocycles. The Morgan fingerprint density at radius 3 is 2.34 bits per heavy atom. The Morgan fingerprint density at radius 2 is 1.71 bits per heavy atom. The summed E-state index contributed by atoms with van der Waals surface area (Å²) in [5.41, 5.74) is 1.19. The second-order valence-corrected chi connectivity index (χ2v) is 9.76. The van der Waals surface area contributed by atoms with E-state index in [1.165, 1.54) is 4.90 Å². The number of aryl methyl sites for hydroxylation is 1. The standard InChI is InChI=1S/C28H27N3O4/c1-19-16-22(9-8-21(19)17-30)31-25(32)23-24(26(31)33)28(12-11-27(23,35-28)10-5-14-29)13-15-34-18-20-6-3-2-4-7-20/h2-4,6-9,16,23-24H,5,10-13,15,18H2,1H3/t23-,24+,27?,28?/m1/s1. The van der Waals surface area contributed by atoms with Crippen molar-refractivity contribution < 1.29 is 19.1 Å². The molecular formula is C28H27N3O4. The van der Waals surface area contributed by atoms with E-state index in [1.54, 1.807) is 25.1 Å². The summed E-state index contributed by atoms with van der Waals surface area (Å²) in [6.07, 6.45) is 2.51. The van der Waals surface area contributed by atoms with E-state index in [9.17, 15) is 20.1 Å². The van der Waals surface area contributed by atoms with Crippen LogP contribution in [-0.4, -0.2) is 29.6 Å². The summed E-state index contributed by atoms with van der Waals surface area (Å²) in [5, 5.41) is 18.5. The highest BCUT2D eigenvalue weighted by Gasteiger charge is 2.74. The molecule has 3 fully saturated rings. The molecule has 0 spiro atoms. The maximum atomic E-state index is 13.8.